The maximum absolute atomic E-state index is 14.8. The maximum atomic E-state index is 14.8. The summed E-state index contributed by atoms with van der Waals surface area (Å²) in [4.78, 5) is 23.5. The molecule has 0 aromatic heterocycles. The van der Waals surface area contributed by atoms with Crippen LogP contribution in [-0.2, 0) is 14.2 Å². The zero-order chi connectivity index (χ0) is 23.2. The molecule has 1 aliphatic rings. The molecule has 7 heteroatoms. The number of para-hydroxylation sites is 1. The van der Waals surface area contributed by atoms with Gasteiger partial charge in [0.05, 0.1) is 5.30 Å². The monoisotopic (exact) mass is 458 g/mol. The van der Waals surface area contributed by atoms with Gasteiger partial charge in [-0.3, -0.25) is 14.2 Å². The van der Waals surface area contributed by atoms with Gasteiger partial charge in [-0.25, -0.2) is 0 Å². The summed E-state index contributed by atoms with van der Waals surface area (Å²) in [5, 5.41) is 1.98. The van der Waals surface area contributed by atoms with E-state index in [0.29, 0.717) is 16.4 Å². The molecule has 6 nitrogen and oxygen atoms in total. The van der Waals surface area contributed by atoms with Crippen molar-refractivity contribution in [1.29, 1.82) is 0 Å². The van der Waals surface area contributed by atoms with Gasteiger partial charge in [-0.15, -0.1) is 0 Å². The normalized spacial score (nSPS) is 16.3. The van der Waals surface area contributed by atoms with Gasteiger partial charge < -0.3 is 14.0 Å². The number of fused-ring (bicyclic) bond motifs is 4. The van der Waals surface area contributed by atoms with Crippen LogP contribution in [0.2, 0.25) is 0 Å². The highest BCUT2D eigenvalue weighted by Gasteiger charge is 2.41. The molecule has 1 heterocycles. The average Bonchev–Trinajstić information content (AvgIpc) is 2.78. The van der Waals surface area contributed by atoms with E-state index >= 15 is 0 Å². The smallest absolute Gasteiger partial charge is 0.311 e. The zero-order valence-electron chi connectivity index (χ0n) is 17.9. The highest BCUT2D eigenvalue weighted by atomic mass is 31.2. The van der Waals surface area contributed by atoms with E-state index in [1.54, 1.807) is 48.5 Å². The Morgan fingerprint density at radius 2 is 1.45 bits per heavy atom. The summed E-state index contributed by atoms with van der Waals surface area (Å²) >= 11 is 0. The Hall–Kier alpha value is -3.89. The van der Waals surface area contributed by atoms with E-state index in [9.17, 15) is 14.2 Å². The van der Waals surface area contributed by atoms with Crippen LogP contribution >= 0.6 is 7.37 Å². The molecule has 33 heavy (non-hydrogen) atoms. The van der Waals surface area contributed by atoms with Crippen LogP contribution in [0.25, 0.3) is 21.9 Å². The summed E-state index contributed by atoms with van der Waals surface area (Å²) in [6, 6.07) is 23.1. The van der Waals surface area contributed by atoms with Crippen molar-refractivity contribution < 1.29 is 28.2 Å². The third-order valence-corrected chi connectivity index (χ3v) is 7.89. The number of esters is 2. The Morgan fingerprint density at radius 3 is 2.21 bits per heavy atom. The highest BCUT2D eigenvalue weighted by molar-refractivity contribution is 7.75. The third kappa shape index (κ3) is 3.59. The number of rotatable bonds is 3. The van der Waals surface area contributed by atoms with E-state index in [0.717, 1.165) is 16.5 Å². The minimum atomic E-state index is -3.80. The highest BCUT2D eigenvalue weighted by Crippen LogP contribution is 2.56. The Balaban J connectivity index is 1.85. The van der Waals surface area contributed by atoms with Crippen molar-refractivity contribution in [3.63, 3.8) is 0 Å². The summed E-state index contributed by atoms with van der Waals surface area (Å²) in [7, 11) is -3.80. The Bertz CT molecular complexity index is 1480. The van der Waals surface area contributed by atoms with Crippen molar-refractivity contribution in [3.8, 4) is 28.4 Å². The summed E-state index contributed by atoms with van der Waals surface area (Å²) < 4.78 is 31.9. The van der Waals surface area contributed by atoms with E-state index in [-0.39, 0.29) is 16.8 Å². The van der Waals surface area contributed by atoms with Gasteiger partial charge in [-0.05, 0) is 41.3 Å². The first-order valence-corrected chi connectivity index (χ1v) is 11.9. The van der Waals surface area contributed by atoms with Crippen LogP contribution in [0.5, 0.6) is 17.2 Å². The second-order valence-electron chi connectivity index (χ2n) is 7.64. The van der Waals surface area contributed by atoms with Gasteiger partial charge in [-0.1, -0.05) is 48.5 Å². The molecule has 0 saturated heterocycles. The lowest BCUT2D eigenvalue weighted by Gasteiger charge is -2.30. The van der Waals surface area contributed by atoms with Gasteiger partial charge in [0.1, 0.15) is 22.6 Å². The van der Waals surface area contributed by atoms with E-state index in [1.165, 1.54) is 13.8 Å². The van der Waals surface area contributed by atoms with Crippen molar-refractivity contribution in [1.82, 2.24) is 0 Å². The van der Waals surface area contributed by atoms with Crippen molar-refractivity contribution in [2.75, 3.05) is 0 Å². The molecule has 0 aliphatic carbocycles. The van der Waals surface area contributed by atoms with Crippen LogP contribution in [0, 0.1) is 0 Å². The molecule has 1 atom stereocenters. The first-order chi connectivity index (χ1) is 15.9. The van der Waals surface area contributed by atoms with Crippen LogP contribution in [0.1, 0.15) is 13.8 Å². The van der Waals surface area contributed by atoms with Crippen molar-refractivity contribution in [3.05, 3.63) is 78.9 Å². The van der Waals surface area contributed by atoms with Crippen molar-refractivity contribution in [2.45, 2.75) is 13.8 Å². The number of hydrogen-bond donors (Lipinski definition) is 0. The lowest BCUT2D eigenvalue weighted by molar-refractivity contribution is -0.132. The molecule has 5 rings (SSSR count). The minimum Gasteiger partial charge on any atom is -0.436 e. The summed E-state index contributed by atoms with van der Waals surface area (Å²) in [5.41, 5.74) is 1.61. The molecule has 0 fully saturated rings. The quantitative estimate of drug-likeness (QED) is 0.245. The largest absolute Gasteiger partial charge is 0.436 e. The van der Waals surface area contributed by atoms with Gasteiger partial charge in [0.2, 0.25) is 0 Å². The molecule has 4 aromatic carbocycles. The molecule has 0 N–H and O–H groups in total. The molecule has 0 amide bonds. The van der Waals surface area contributed by atoms with E-state index < -0.39 is 19.3 Å². The zero-order valence-corrected chi connectivity index (χ0v) is 18.8. The first-order valence-electron chi connectivity index (χ1n) is 10.3. The molecule has 0 bridgehead atoms. The fraction of sp³-hybridized carbons (Fsp3) is 0.0769. The maximum Gasteiger partial charge on any atom is 0.311 e. The van der Waals surface area contributed by atoms with Crippen LogP contribution in [0.4, 0.5) is 0 Å². The third-order valence-electron chi connectivity index (χ3n) is 5.36. The number of hydrogen-bond acceptors (Lipinski definition) is 6. The lowest BCUT2D eigenvalue weighted by atomic mass is 10.0. The van der Waals surface area contributed by atoms with Gasteiger partial charge in [-0.2, -0.15) is 0 Å². The molecular weight excluding hydrogens is 439 g/mol. The standard InChI is InChI=1S/C26H19O6P/c1-16(27)30-19-13-11-18-12-14-24(31-17(2)28)26(22(18)15-19)33(29)25-10-6-4-8-21(25)20-7-3-5-9-23(20)32-33/h3-15H,1-2H3. The number of ether oxygens (including phenoxy) is 2. The SMILES string of the molecule is CC(=O)Oc1ccc2ccc(OC(C)=O)c(P3(=O)Oc4ccccc4-c4ccccc43)c2c1. The fourth-order valence-corrected chi connectivity index (χ4v) is 6.70. The van der Waals surface area contributed by atoms with E-state index in [4.69, 9.17) is 14.0 Å². The number of carbonyl (C=O) groups is 2. The van der Waals surface area contributed by atoms with Crippen LogP contribution in [-0.4, -0.2) is 11.9 Å². The predicted octanol–water partition coefficient (Wildman–Crippen LogP) is 4.98. The first kappa shape index (κ1) is 21.0. The van der Waals surface area contributed by atoms with Gasteiger partial charge >= 0.3 is 19.3 Å². The Morgan fingerprint density at radius 1 is 0.788 bits per heavy atom. The Kier molecular flexibility index (Phi) is 5.03. The minimum absolute atomic E-state index is 0.132. The summed E-state index contributed by atoms with van der Waals surface area (Å²) in [6.45, 7) is 2.59. The molecule has 0 spiro atoms. The van der Waals surface area contributed by atoms with Gasteiger partial charge in [0.25, 0.3) is 0 Å². The number of carbonyl (C=O) groups excluding carboxylic acids is 2. The molecule has 164 valence electrons. The molecule has 0 saturated carbocycles. The molecular formula is C26H19O6P. The molecule has 4 aromatic rings. The van der Waals surface area contributed by atoms with Gasteiger partial charge in [0, 0.05) is 24.8 Å². The van der Waals surface area contributed by atoms with Crippen LogP contribution < -0.4 is 24.6 Å². The molecule has 1 aliphatic heterocycles. The van der Waals surface area contributed by atoms with Crippen molar-refractivity contribution in [2.24, 2.45) is 0 Å². The molecule has 1 unspecified atom stereocenters. The summed E-state index contributed by atoms with van der Waals surface area (Å²) in [5.74, 6) is -0.140. The van der Waals surface area contributed by atoms with E-state index in [2.05, 4.69) is 0 Å². The van der Waals surface area contributed by atoms with E-state index in [1.807, 2.05) is 30.3 Å². The predicted molar refractivity (Wildman–Crippen MR) is 126 cm³/mol. The number of benzene rings is 4. The van der Waals surface area contributed by atoms with Crippen LogP contribution in [0.3, 0.4) is 0 Å². The topological polar surface area (TPSA) is 78.9 Å². The van der Waals surface area contributed by atoms with Crippen molar-refractivity contribution >= 4 is 40.7 Å². The molecule has 0 radical (unpaired) electrons. The Labute approximate surface area is 190 Å². The van der Waals surface area contributed by atoms with Crippen LogP contribution in [0.15, 0.2) is 78.9 Å². The fourth-order valence-electron chi connectivity index (χ4n) is 4.11. The lowest BCUT2D eigenvalue weighted by Crippen LogP contribution is -2.27. The average molecular weight is 458 g/mol. The second-order valence-corrected chi connectivity index (χ2v) is 9.85. The second kappa shape index (κ2) is 7.91. The van der Waals surface area contributed by atoms with Gasteiger partial charge in [0.15, 0.2) is 0 Å². The summed E-state index contributed by atoms with van der Waals surface area (Å²) in [6.07, 6.45) is 0.